The van der Waals surface area contributed by atoms with Crippen molar-refractivity contribution in [3.63, 3.8) is 0 Å². The monoisotopic (exact) mass is 458 g/mol. The molecule has 0 aromatic heterocycles. The highest BCUT2D eigenvalue weighted by atomic mass is 35.5. The molecular formula is C25H22ClF3N2O. The summed E-state index contributed by atoms with van der Waals surface area (Å²) in [6.45, 7) is 0.558. The van der Waals surface area contributed by atoms with Gasteiger partial charge in [-0.05, 0) is 54.3 Å². The molecular weight excluding hydrogens is 437 g/mol. The first-order valence-corrected chi connectivity index (χ1v) is 10.8. The number of benzene rings is 3. The van der Waals surface area contributed by atoms with Gasteiger partial charge < -0.3 is 10.2 Å². The Kier molecular flexibility index (Phi) is 6.42. The van der Waals surface area contributed by atoms with Gasteiger partial charge in [-0.3, -0.25) is 4.79 Å². The maximum Gasteiger partial charge on any atom is 0.416 e. The van der Waals surface area contributed by atoms with Gasteiger partial charge >= 0.3 is 6.18 Å². The van der Waals surface area contributed by atoms with Crippen molar-refractivity contribution >= 4 is 23.2 Å². The Morgan fingerprint density at radius 2 is 1.62 bits per heavy atom. The van der Waals surface area contributed by atoms with Crippen molar-refractivity contribution in [1.29, 1.82) is 0 Å². The lowest BCUT2D eigenvalue weighted by Crippen LogP contribution is -2.37. The zero-order valence-electron chi connectivity index (χ0n) is 17.1. The van der Waals surface area contributed by atoms with E-state index in [9.17, 15) is 18.0 Å². The van der Waals surface area contributed by atoms with Crippen molar-refractivity contribution in [2.75, 3.05) is 11.9 Å². The van der Waals surface area contributed by atoms with Crippen LogP contribution in [-0.4, -0.2) is 17.4 Å². The molecule has 0 saturated carbocycles. The molecule has 2 atom stereocenters. The fourth-order valence-electron chi connectivity index (χ4n) is 4.12. The number of para-hydroxylation sites is 1. The van der Waals surface area contributed by atoms with E-state index in [0.29, 0.717) is 22.8 Å². The average molecular weight is 459 g/mol. The van der Waals surface area contributed by atoms with Gasteiger partial charge in [-0.2, -0.15) is 13.2 Å². The van der Waals surface area contributed by atoms with Crippen LogP contribution < -0.4 is 5.32 Å². The molecule has 1 N–H and O–H groups in total. The van der Waals surface area contributed by atoms with E-state index < -0.39 is 17.8 Å². The molecule has 3 aromatic carbocycles. The number of hydrogen-bond acceptors (Lipinski definition) is 2. The van der Waals surface area contributed by atoms with E-state index in [1.54, 1.807) is 11.0 Å². The lowest BCUT2D eigenvalue weighted by atomic mass is 10.0. The number of halogens is 4. The van der Waals surface area contributed by atoms with Crippen molar-refractivity contribution in [3.8, 4) is 0 Å². The summed E-state index contributed by atoms with van der Waals surface area (Å²) in [5.74, 6) is -0.198. The van der Waals surface area contributed by atoms with Crippen molar-refractivity contribution < 1.29 is 18.0 Å². The van der Waals surface area contributed by atoms with E-state index in [1.165, 1.54) is 12.1 Å². The van der Waals surface area contributed by atoms with Gasteiger partial charge in [-0.25, -0.2) is 0 Å². The predicted octanol–water partition coefficient (Wildman–Crippen LogP) is 6.88. The molecule has 4 rings (SSSR count). The molecule has 166 valence electrons. The number of nitrogens with one attached hydrogen (secondary N) is 1. The molecule has 7 heteroatoms. The van der Waals surface area contributed by atoms with Crippen LogP contribution in [0.4, 0.5) is 18.9 Å². The molecule has 3 aromatic rings. The van der Waals surface area contributed by atoms with E-state index in [0.717, 1.165) is 30.5 Å². The van der Waals surface area contributed by atoms with Crippen LogP contribution >= 0.6 is 11.6 Å². The summed E-state index contributed by atoms with van der Waals surface area (Å²) >= 11 is 6.40. The van der Waals surface area contributed by atoms with Crippen molar-refractivity contribution in [2.24, 2.45) is 0 Å². The highest BCUT2D eigenvalue weighted by molar-refractivity contribution is 6.31. The van der Waals surface area contributed by atoms with Crippen molar-refractivity contribution in [1.82, 2.24) is 4.90 Å². The van der Waals surface area contributed by atoms with Gasteiger partial charge in [0.15, 0.2) is 0 Å². The van der Waals surface area contributed by atoms with Crippen LogP contribution in [0.2, 0.25) is 5.02 Å². The van der Waals surface area contributed by atoms with Gasteiger partial charge in [-0.15, -0.1) is 0 Å². The minimum atomic E-state index is -4.44. The van der Waals surface area contributed by atoms with Gasteiger partial charge in [0, 0.05) is 17.3 Å². The van der Waals surface area contributed by atoms with Crippen LogP contribution in [0.15, 0.2) is 78.9 Å². The summed E-state index contributed by atoms with van der Waals surface area (Å²) in [6.07, 6.45) is -2.83. The topological polar surface area (TPSA) is 32.3 Å². The molecule has 1 aliphatic heterocycles. The number of anilines is 1. The zero-order valence-corrected chi connectivity index (χ0v) is 17.9. The third kappa shape index (κ3) is 4.75. The molecule has 1 fully saturated rings. The average Bonchev–Trinajstić information content (AvgIpc) is 3.27. The molecule has 0 radical (unpaired) electrons. The third-order valence-corrected chi connectivity index (χ3v) is 6.05. The molecule has 3 nitrogen and oxygen atoms in total. The lowest BCUT2D eigenvalue weighted by Gasteiger charge is -2.31. The second-order valence-corrected chi connectivity index (χ2v) is 8.18. The number of alkyl halides is 3. The zero-order chi connectivity index (χ0) is 22.7. The van der Waals surface area contributed by atoms with Crippen LogP contribution in [0, 0.1) is 0 Å². The van der Waals surface area contributed by atoms with E-state index in [-0.39, 0.29) is 11.9 Å². The minimum absolute atomic E-state index is 0.175. The molecule has 1 aliphatic rings. The SMILES string of the molecule is O=C(C(Nc1ccccc1)c1ccc(C(F)(F)F)cc1)N1CCC[C@H]1c1ccccc1Cl. The Morgan fingerprint density at radius 1 is 0.969 bits per heavy atom. The van der Waals surface area contributed by atoms with E-state index in [4.69, 9.17) is 11.6 Å². The van der Waals surface area contributed by atoms with Crippen molar-refractivity contribution in [2.45, 2.75) is 31.1 Å². The quantitative estimate of drug-likeness (QED) is 0.452. The fraction of sp³-hybridized carbons (Fsp3) is 0.240. The first-order valence-electron chi connectivity index (χ1n) is 10.4. The Labute approximate surface area is 189 Å². The Balaban J connectivity index is 1.67. The minimum Gasteiger partial charge on any atom is -0.370 e. The number of nitrogens with zero attached hydrogens (tertiary/aromatic N) is 1. The summed E-state index contributed by atoms with van der Waals surface area (Å²) in [6, 6.07) is 20.3. The number of amides is 1. The molecule has 0 spiro atoms. The van der Waals surface area contributed by atoms with Gasteiger partial charge in [0.05, 0.1) is 11.6 Å². The first kappa shape index (κ1) is 22.2. The third-order valence-electron chi connectivity index (χ3n) is 5.70. The second kappa shape index (κ2) is 9.25. The highest BCUT2D eigenvalue weighted by Gasteiger charge is 2.36. The van der Waals surface area contributed by atoms with Gasteiger partial charge in [0.25, 0.3) is 0 Å². The summed E-state index contributed by atoms with van der Waals surface area (Å²) in [5.41, 5.74) is 1.31. The Hall–Kier alpha value is -2.99. The Bertz CT molecular complexity index is 1070. The number of hydrogen-bond donors (Lipinski definition) is 1. The van der Waals surface area contributed by atoms with Crippen LogP contribution in [0.3, 0.4) is 0 Å². The normalized spacial score (nSPS) is 17.2. The van der Waals surface area contributed by atoms with Gasteiger partial charge in [-0.1, -0.05) is 60.1 Å². The molecule has 32 heavy (non-hydrogen) atoms. The highest BCUT2D eigenvalue weighted by Crippen LogP contribution is 2.38. The van der Waals surface area contributed by atoms with Crippen molar-refractivity contribution in [3.05, 3.63) is 101 Å². The summed E-state index contributed by atoms with van der Waals surface area (Å²) < 4.78 is 39.1. The molecule has 0 aliphatic carbocycles. The number of carbonyl (C=O) groups excluding carboxylic acids is 1. The van der Waals surface area contributed by atoms with Crippen LogP contribution in [-0.2, 0) is 11.0 Å². The van der Waals surface area contributed by atoms with Crippen LogP contribution in [0.1, 0.15) is 41.6 Å². The first-order chi connectivity index (χ1) is 15.3. The summed E-state index contributed by atoms with van der Waals surface area (Å²) in [5, 5.41) is 3.81. The molecule has 0 bridgehead atoms. The van der Waals surface area contributed by atoms with E-state index in [2.05, 4.69) is 5.32 Å². The largest absolute Gasteiger partial charge is 0.416 e. The number of carbonyl (C=O) groups is 1. The standard InChI is InChI=1S/C25H22ClF3N2O/c26-21-10-5-4-9-20(21)22-11-6-16-31(22)24(32)23(30-19-7-2-1-3-8-19)17-12-14-18(15-13-17)25(27,28)29/h1-5,7-10,12-15,22-23,30H,6,11,16H2/t22-,23?/m0/s1. The van der Waals surface area contributed by atoms with E-state index in [1.807, 2.05) is 48.5 Å². The maximum absolute atomic E-state index is 13.7. The molecule has 1 saturated heterocycles. The lowest BCUT2D eigenvalue weighted by molar-refractivity contribution is -0.137. The smallest absolute Gasteiger partial charge is 0.370 e. The molecule has 1 amide bonds. The number of rotatable bonds is 5. The maximum atomic E-state index is 13.7. The van der Waals surface area contributed by atoms with Gasteiger partial charge in [0.2, 0.25) is 5.91 Å². The molecule has 1 heterocycles. The Morgan fingerprint density at radius 3 is 2.28 bits per heavy atom. The van der Waals surface area contributed by atoms with Gasteiger partial charge in [0.1, 0.15) is 6.04 Å². The van der Waals surface area contributed by atoms with Crippen LogP contribution in [0.5, 0.6) is 0 Å². The molecule has 1 unspecified atom stereocenters. The number of likely N-dealkylation sites (tertiary alicyclic amines) is 1. The second-order valence-electron chi connectivity index (χ2n) is 7.77. The van der Waals surface area contributed by atoms with E-state index >= 15 is 0 Å². The summed E-state index contributed by atoms with van der Waals surface area (Å²) in [7, 11) is 0. The fourth-order valence-corrected chi connectivity index (χ4v) is 4.38. The van der Waals surface area contributed by atoms with Crippen LogP contribution in [0.25, 0.3) is 0 Å². The predicted molar refractivity (Wildman–Crippen MR) is 119 cm³/mol. The summed E-state index contributed by atoms with van der Waals surface area (Å²) in [4.78, 5) is 15.5.